The zero-order chi connectivity index (χ0) is 12.4. The SMILES string of the molecule is CCCC(N)c1nc2c(s1)CC(C(C)C)CC2. The summed E-state index contributed by atoms with van der Waals surface area (Å²) in [6, 6.07) is 0.160. The fourth-order valence-electron chi connectivity index (χ4n) is 2.58. The minimum Gasteiger partial charge on any atom is -0.322 e. The van der Waals surface area contributed by atoms with Crippen LogP contribution >= 0.6 is 11.3 Å². The Morgan fingerprint density at radius 1 is 1.47 bits per heavy atom. The van der Waals surface area contributed by atoms with Gasteiger partial charge in [0.25, 0.3) is 0 Å². The van der Waals surface area contributed by atoms with Crippen molar-refractivity contribution >= 4 is 11.3 Å². The average Bonchev–Trinajstić information content (AvgIpc) is 2.71. The molecule has 0 saturated carbocycles. The Hall–Kier alpha value is -0.410. The van der Waals surface area contributed by atoms with Crippen molar-refractivity contribution < 1.29 is 0 Å². The number of aromatic nitrogens is 1. The lowest BCUT2D eigenvalue weighted by atomic mass is 9.83. The lowest BCUT2D eigenvalue weighted by molar-refractivity contribution is 0.344. The van der Waals surface area contributed by atoms with Crippen molar-refractivity contribution in [2.24, 2.45) is 17.6 Å². The molecule has 2 rings (SSSR count). The summed E-state index contributed by atoms with van der Waals surface area (Å²) in [5, 5.41) is 1.17. The highest BCUT2D eigenvalue weighted by atomic mass is 32.1. The van der Waals surface area contributed by atoms with Crippen LogP contribution in [0.3, 0.4) is 0 Å². The largest absolute Gasteiger partial charge is 0.322 e. The molecule has 0 radical (unpaired) electrons. The Kier molecular flexibility index (Phi) is 4.21. The highest BCUT2D eigenvalue weighted by Crippen LogP contribution is 2.35. The molecule has 2 nitrogen and oxygen atoms in total. The number of hydrogen-bond acceptors (Lipinski definition) is 3. The number of aryl methyl sites for hydroxylation is 1. The van der Waals surface area contributed by atoms with Gasteiger partial charge in [-0.3, -0.25) is 0 Å². The summed E-state index contributed by atoms with van der Waals surface area (Å²) in [7, 11) is 0. The molecule has 0 saturated heterocycles. The van der Waals surface area contributed by atoms with Gasteiger partial charge in [-0.15, -0.1) is 11.3 Å². The fraction of sp³-hybridized carbons (Fsp3) is 0.786. The minimum absolute atomic E-state index is 0.160. The van der Waals surface area contributed by atoms with Crippen LogP contribution in [0.25, 0.3) is 0 Å². The van der Waals surface area contributed by atoms with Gasteiger partial charge >= 0.3 is 0 Å². The van der Waals surface area contributed by atoms with E-state index in [1.54, 1.807) is 0 Å². The first-order valence-electron chi connectivity index (χ1n) is 6.85. The van der Waals surface area contributed by atoms with E-state index in [1.807, 2.05) is 11.3 Å². The van der Waals surface area contributed by atoms with Crippen LogP contribution in [0.2, 0.25) is 0 Å². The van der Waals surface area contributed by atoms with Gasteiger partial charge in [0, 0.05) is 4.88 Å². The van der Waals surface area contributed by atoms with E-state index in [2.05, 4.69) is 20.8 Å². The molecule has 17 heavy (non-hydrogen) atoms. The molecule has 96 valence electrons. The van der Waals surface area contributed by atoms with E-state index in [0.29, 0.717) is 0 Å². The van der Waals surface area contributed by atoms with Crippen molar-refractivity contribution in [1.29, 1.82) is 0 Å². The van der Waals surface area contributed by atoms with Gasteiger partial charge in [0.1, 0.15) is 5.01 Å². The van der Waals surface area contributed by atoms with Crippen LogP contribution in [0.5, 0.6) is 0 Å². The van der Waals surface area contributed by atoms with Gasteiger partial charge in [0.05, 0.1) is 11.7 Å². The molecule has 0 bridgehead atoms. The highest BCUT2D eigenvalue weighted by molar-refractivity contribution is 7.11. The van der Waals surface area contributed by atoms with Crippen LogP contribution in [0.15, 0.2) is 0 Å². The topological polar surface area (TPSA) is 38.9 Å². The normalized spacial score (nSPS) is 21.6. The van der Waals surface area contributed by atoms with E-state index < -0.39 is 0 Å². The molecular formula is C14H24N2S. The molecule has 3 heteroatoms. The Morgan fingerprint density at radius 3 is 2.88 bits per heavy atom. The van der Waals surface area contributed by atoms with Crippen LogP contribution in [0, 0.1) is 11.8 Å². The molecule has 2 unspecified atom stereocenters. The Bertz CT molecular complexity index is 370. The molecule has 0 aromatic carbocycles. The third kappa shape index (κ3) is 2.89. The monoisotopic (exact) mass is 252 g/mol. The van der Waals surface area contributed by atoms with Crippen molar-refractivity contribution in [3.8, 4) is 0 Å². The van der Waals surface area contributed by atoms with Crippen LogP contribution in [-0.2, 0) is 12.8 Å². The Morgan fingerprint density at radius 2 is 2.24 bits per heavy atom. The van der Waals surface area contributed by atoms with Crippen LogP contribution in [-0.4, -0.2) is 4.98 Å². The van der Waals surface area contributed by atoms with E-state index in [-0.39, 0.29) is 6.04 Å². The van der Waals surface area contributed by atoms with Gasteiger partial charge in [-0.1, -0.05) is 27.2 Å². The van der Waals surface area contributed by atoms with E-state index >= 15 is 0 Å². The molecule has 2 atom stereocenters. The summed E-state index contributed by atoms with van der Waals surface area (Å²) >= 11 is 1.87. The van der Waals surface area contributed by atoms with Crippen molar-refractivity contribution in [3.05, 3.63) is 15.6 Å². The fourth-order valence-corrected chi connectivity index (χ4v) is 3.82. The average molecular weight is 252 g/mol. The third-order valence-electron chi connectivity index (χ3n) is 3.85. The lowest BCUT2D eigenvalue weighted by Crippen LogP contribution is -2.17. The highest BCUT2D eigenvalue weighted by Gasteiger charge is 2.25. The maximum absolute atomic E-state index is 6.16. The quantitative estimate of drug-likeness (QED) is 0.887. The predicted octanol–water partition coefficient (Wildman–Crippen LogP) is 3.70. The summed E-state index contributed by atoms with van der Waals surface area (Å²) in [5.74, 6) is 1.64. The maximum atomic E-state index is 6.16. The molecule has 1 aliphatic carbocycles. The lowest BCUT2D eigenvalue weighted by Gasteiger charge is -2.24. The first kappa shape index (κ1) is 13.0. The maximum Gasteiger partial charge on any atom is 0.110 e. The van der Waals surface area contributed by atoms with Gasteiger partial charge in [0.2, 0.25) is 0 Å². The van der Waals surface area contributed by atoms with Crippen molar-refractivity contribution in [1.82, 2.24) is 4.98 Å². The second kappa shape index (κ2) is 5.49. The summed E-state index contributed by atoms with van der Waals surface area (Å²) in [6.07, 6.45) is 5.88. The van der Waals surface area contributed by atoms with Gasteiger partial charge in [-0.25, -0.2) is 4.98 Å². The molecule has 1 aromatic rings. The summed E-state index contributed by atoms with van der Waals surface area (Å²) in [5.41, 5.74) is 7.50. The van der Waals surface area contributed by atoms with Gasteiger partial charge < -0.3 is 5.73 Å². The van der Waals surface area contributed by atoms with Crippen LogP contribution < -0.4 is 5.73 Å². The molecule has 1 aromatic heterocycles. The van der Waals surface area contributed by atoms with Crippen LogP contribution in [0.4, 0.5) is 0 Å². The summed E-state index contributed by atoms with van der Waals surface area (Å²) in [4.78, 5) is 6.27. The van der Waals surface area contributed by atoms with E-state index in [0.717, 1.165) is 31.1 Å². The van der Waals surface area contributed by atoms with E-state index in [9.17, 15) is 0 Å². The second-order valence-corrected chi connectivity index (χ2v) is 6.68. The third-order valence-corrected chi connectivity index (χ3v) is 5.11. The summed E-state index contributed by atoms with van der Waals surface area (Å²) < 4.78 is 0. The molecule has 2 N–H and O–H groups in total. The minimum atomic E-state index is 0.160. The number of fused-ring (bicyclic) bond motifs is 1. The summed E-state index contributed by atoms with van der Waals surface area (Å²) in [6.45, 7) is 6.85. The number of thiazole rings is 1. The predicted molar refractivity (Wildman–Crippen MR) is 74.3 cm³/mol. The molecule has 0 aliphatic heterocycles. The van der Waals surface area contributed by atoms with Gasteiger partial charge in [0.15, 0.2) is 0 Å². The zero-order valence-electron chi connectivity index (χ0n) is 11.2. The van der Waals surface area contributed by atoms with Gasteiger partial charge in [-0.2, -0.15) is 0 Å². The zero-order valence-corrected chi connectivity index (χ0v) is 12.0. The second-order valence-electron chi connectivity index (χ2n) is 5.56. The van der Waals surface area contributed by atoms with E-state index in [4.69, 9.17) is 10.7 Å². The molecule has 0 spiro atoms. The van der Waals surface area contributed by atoms with Gasteiger partial charge in [-0.05, 0) is 37.5 Å². The number of rotatable bonds is 4. The molecule has 0 fully saturated rings. The standard InChI is InChI=1S/C14H24N2S/c1-4-5-11(15)14-16-12-7-6-10(9(2)3)8-13(12)17-14/h9-11H,4-8,15H2,1-3H3. The Labute approximate surface area is 109 Å². The molecule has 1 aliphatic rings. The smallest absolute Gasteiger partial charge is 0.110 e. The first-order chi connectivity index (χ1) is 8.11. The molecule has 1 heterocycles. The Balaban J connectivity index is 2.11. The van der Waals surface area contributed by atoms with Crippen molar-refractivity contribution in [2.45, 2.75) is 58.9 Å². The number of hydrogen-bond donors (Lipinski definition) is 1. The molecular weight excluding hydrogens is 228 g/mol. The number of nitrogens with two attached hydrogens (primary N) is 1. The van der Waals surface area contributed by atoms with Crippen molar-refractivity contribution in [3.63, 3.8) is 0 Å². The number of nitrogens with zero attached hydrogens (tertiary/aromatic N) is 1. The first-order valence-corrected chi connectivity index (χ1v) is 7.67. The van der Waals surface area contributed by atoms with Crippen molar-refractivity contribution in [2.75, 3.05) is 0 Å². The van der Waals surface area contributed by atoms with Crippen LogP contribution in [0.1, 0.15) is 61.7 Å². The van der Waals surface area contributed by atoms with E-state index in [1.165, 1.54) is 28.4 Å². The molecule has 0 amide bonds.